The topological polar surface area (TPSA) is 42.4 Å². The monoisotopic (exact) mass is 654 g/mol. The number of anilines is 3. The molecule has 0 radical (unpaired) electrons. The van der Waals surface area contributed by atoms with Gasteiger partial charge in [-0.2, -0.15) is 0 Å². The van der Waals surface area contributed by atoms with E-state index < -0.39 is 0 Å². The SMILES string of the molecule is c1ccc(-c2ccc(-c3nc4c(ccc5c(N(c6cccc(-c7ccccc7)c6)c6cccc7c6oc6ccccc67)cccc54)o3)cc2)cc1. The zero-order valence-corrected chi connectivity index (χ0v) is 27.5. The molecule has 2 heterocycles. The first-order valence-electron chi connectivity index (χ1n) is 17.1. The van der Waals surface area contributed by atoms with E-state index in [1.807, 2.05) is 30.3 Å². The van der Waals surface area contributed by atoms with Crippen LogP contribution in [0.5, 0.6) is 0 Å². The van der Waals surface area contributed by atoms with Gasteiger partial charge in [-0.25, -0.2) is 4.98 Å². The molecule has 0 amide bonds. The lowest BCUT2D eigenvalue weighted by Gasteiger charge is -2.27. The van der Waals surface area contributed by atoms with E-state index in [-0.39, 0.29) is 0 Å². The summed E-state index contributed by atoms with van der Waals surface area (Å²) in [5, 5.41) is 4.25. The van der Waals surface area contributed by atoms with Crippen molar-refractivity contribution in [2.24, 2.45) is 0 Å². The van der Waals surface area contributed by atoms with Gasteiger partial charge in [0.2, 0.25) is 5.89 Å². The molecular weight excluding hydrogens is 625 g/mol. The highest BCUT2D eigenvalue weighted by atomic mass is 16.3. The molecule has 10 rings (SSSR count). The van der Waals surface area contributed by atoms with Crippen LogP contribution in [-0.4, -0.2) is 4.98 Å². The van der Waals surface area contributed by atoms with E-state index in [1.54, 1.807) is 0 Å². The van der Waals surface area contributed by atoms with Crippen molar-refractivity contribution in [1.82, 2.24) is 4.98 Å². The lowest BCUT2D eigenvalue weighted by Crippen LogP contribution is -2.11. The number of furan rings is 1. The Kier molecular flexibility index (Phi) is 6.78. The first-order valence-corrected chi connectivity index (χ1v) is 17.1. The van der Waals surface area contributed by atoms with Crippen molar-refractivity contribution in [2.45, 2.75) is 0 Å². The van der Waals surface area contributed by atoms with Crippen LogP contribution in [-0.2, 0) is 0 Å². The van der Waals surface area contributed by atoms with Gasteiger partial charge in [0.25, 0.3) is 0 Å². The molecule has 8 aromatic carbocycles. The summed E-state index contributed by atoms with van der Waals surface area (Å²) in [5.41, 5.74) is 11.8. The molecule has 0 saturated carbocycles. The van der Waals surface area contributed by atoms with Gasteiger partial charge < -0.3 is 13.7 Å². The predicted molar refractivity (Wildman–Crippen MR) is 210 cm³/mol. The average Bonchev–Trinajstić information content (AvgIpc) is 3.82. The van der Waals surface area contributed by atoms with Crippen molar-refractivity contribution < 1.29 is 8.83 Å². The van der Waals surface area contributed by atoms with Gasteiger partial charge in [0.05, 0.1) is 11.4 Å². The number of benzene rings is 8. The molecule has 10 aromatic rings. The summed E-state index contributed by atoms with van der Waals surface area (Å²) >= 11 is 0. The second-order valence-electron chi connectivity index (χ2n) is 12.8. The Bertz CT molecular complexity index is 2850. The maximum Gasteiger partial charge on any atom is 0.227 e. The minimum Gasteiger partial charge on any atom is -0.454 e. The highest BCUT2D eigenvalue weighted by molar-refractivity contribution is 6.14. The lowest BCUT2D eigenvalue weighted by molar-refractivity contribution is 0.620. The zero-order valence-electron chi connectivity index (χ0n) is 27.5. The van der Waals surface area contributed by atoms with Gasteiger partial charge >= 0.3 is 0 Å². The molecule has 0 spiro atoms. The van der Waals surface area contributed by atoms with Crippen molar-refractivity contribution in [2.75, 3.05) is 4.90 Å². The van der Waals surface area contributed by atoms with Crippen LogP contribution in [0.2, 0.25) is 0 Å². The fraction of sp³-hybridized carbons (Fsp3) is 0. The van der Waals surface area contributed by atoms with Crippen LogP contribution < -0.4 is 4.90 Å². The quantitative estimate of drug-likeness (QED) is 0.179. The molecule has 0 unspecified atom stereocenters. The van der Waals surface area contributed by atoms with Crippen molar-refractivity contribution in [3.05, 3.63) is 182 Å². The molecule has 240 valence electrons. The first kappa shape index (κ1) is 29.0. The molecule has 0 bridgehead atoms. The fourth-order valence-electron chi connectivity index (χ4n) is 7.26. The maximum absolute atomic E-state index is 6.62. The molecule has 0 aliphatic carbocycles. The number of rotatable bonds is 6. The predicted octanol–water partition coefficient (Wildman–Crippen LogP) is 13.4. The Morgan fingerprint density at radius 2 is 0.980 bits per heavy atom. The average molecular weight is 655 g/mol. The van der Waals surface area contributed by atoms with E-state index in [1.165, 1.54) is 5.56 Å². The number of para-hydroxylation sites is 2. The molecular formula is C47H30N2O2. The third-order valence-electron chi connectivity index (χ3n) is 9.71. The van der Waals surface area contributed by atoms with Crippen LogP contribution in [0.1, 0.15) is 0 Å². The lowest BCUT2D eigenvalue weighted by atomic mass is 10.0. The van der Waals surface area contributed by atoms with E-state index in [9.17, 15) is 0 Å². The summed E-state index contributed by atoms with van der Waals surface area (Å²) in [6.45, 7) is 0. The van der Waals surface area contributed by atoms with Crippen LogP contribution >= 0.6 is 0 Å². The fourth-order valence-corrected chi connectivity index (χ4v) is 7.26. The molecule has 0 aliphatic heterocycles. The van der Waals surface area contributed by atoms with E-state index in [2.05, 4.69) is 157 Å². The Morgan fingerprint density at radius 1 is 0.373 bits per heavy atom. The summed E-state index contributed by atoms with van der Waals surface area (Å²) < 4.78 is 13.0. The van der Waals surface area contributed by atoms with Crippen LogP contribution in [0.15, 0.2) is 191 Å². The summed E-state index contributed by atoms with van der Waals surface area (Å²) in [6.07, 6.45) is 0. The summed E-state index contributed by atoms with van der Waals surface area (Å²) in [7, 11) is 0. The van der Waals surface area contributed by atoms with Gasteiger partial charge in [-0.1, -0.05) is 127 Å². The van der Waals surface area contributed by atoms with Crippen molar-refractivity contribution >= 4 is 60.9 Å². The van der Waals surface area contributed by atoms with Crippen LogP contribution in [0.25, 0.3) is 77.5 Å². The Hall–Kier alpha value is -6.91. The van der Waals surface area contributed by atoms with Crippen LogP contribution in [0.3, 0.4) is 0 Å². The molecule has 2 aromatic heterocycles. The third kappa shape index (κ3) is 4.96. The van der Waals surface area contributed by atoms with Gasteiger partial charge in [-0.3, -0.25) is 0 Å². The number of hydrogen-bond acceptors (Lipinski definition) is 4. The molecule has 0 fully saturated rings. The molecule has 0 N–H and O–H groups in total. The van der Waals surface area contributed by atoms with E-state index in [4.69, 9.17) is 13.8 Å². The minimum absolute atomic E-state index is 0.599. The Labute approximate surface area is 294 Å². The zero-order chi connectivity index (χ0) is 33.7. The molecule has 4 nitrogen and oxygen atoms in total. The Balaban J connectivity index is 1.16. The number of fused-ring (bicyclic) bond motifs is 6. The summed E-state index contributed by atoms with van der Waals surface area (Å²) in [4.78, 5) is 7.40. The standard InChI is InChI=1S/C47H30N2O2/c1-3-12-31(13-4-1)33-24-26-34(27-25-33)47-48-45-39-19-10-21-41(37(39)28-29-44(45)51-47)49(36-17-9-16-35(30-36)32-14-5-2-6-15-32)42-22-11-20-40-38-18-7-8-23-43(38)50-46(40)42/h1-30H. The summed E-state index contributed by atoms with van der Waals surface area (Å²) in [5.74, 6) is 0.599. The van der Waals surface area contributed by atoms with Crippen molar-refractivity contribution in [3.8, 4) is 33.7 Å². The van der Waals surface area contributed by atoms with Gasteiger partial charge in [0.1, 0.15) is 11.1 Å². The third-order valence-corrected chi connectivity index (χ3v) is 9.71. The van der Waals surface area contributed by atoms with Crippen molar-refractivity contribution in [3.63, 3.8) is 0 Å². The van der Waals surface area contributed by atoms with Gasteiger partial charge in [-0.05, 0) is 76.9 Å². The number of oxazole rings is 1. The van der Waals surface area contributed by atoms with Gasteiger partial charge in [0, 0.05) is 32.8 Å². The molecule has 0 aliphatic rings. The molecule has 0 atom stereocenters. The van der Waals surface area contributed by atoms with E-state index in [0.717, 1.165) is 83.1 Å². The van der Waals surface area contributed by atoms with Crippen LogP contribution in [0.4, 0.5) is 17.1 Å². The maximum atomic E-state index is 6.62. The van der Waals surface area contributed by atoms with Crippen molar-refractivity contribution in [1.29, 1.82) is 0 Å². The highest BCUT2D eigenvalue weighted by Gasteiger charge is 2.22. The van der Waals surface area contributed by atoms with Gasteiger partial charge in [-0.15, -0.1) is 0 Å². The Morgan fingerprint density at radius 3 is 1.78 bits per heavy atom. The largest absolute Gasteiger partial charge is 0.454 e. The number of aromatic nitrogens is 1. The van der Waals surface area contributed by atoms with E-state index in [0.29, 0.717) is 5.89 Å². The molecule has 51 heavy (non-hydrogen) atoms. The smallest absolute Gasteiger partial charge is 0.227 e. The first-order chi connectivity index (χ1) is 25.3. The van der Waals surface area contributed by atoms with E-state index >= 15 is 0 Å². The second kappa shape index (κ2) is 11.9. The second-order valence-corrected chi connectivity index (χ2v) is 12.8. The van der Waals surface area contributed by atoms with Crippen LogP contribution in [0, 0.1) is 0 Å². The molecule has 4 heteroatoms. The van der Waals surface area contributed by atoms with Gasteiger partial charge in [0.15, 0.2) is 11.2 Å². The number of hydrogen-bond donors (Lipinski definition) is 0. The minimum atomic E-state index is 0.599. The molecule has 0 saturated heterocycles. The normalized spacial score (nSPS) is 11.5. The highest BCUT2D eigenvalue weighted by Crippen LogP contribution is 2.46. The summed E-state index contributed by atoms with van der Waals surface area (Å²) in [6, 6.07) is 63.2. The number of nitrogens with zero attached hydrogens (tertiary/aromatic N) is 2.